The van der Waals surface area contributed by atoms with Crippen LogP contribution in [-0.4, -0.2) is 37.6 Å². The smallest absolute Gasteiger partial charge is 0.0367 e. The first-order valence-electron chi connectivity index (χ1n) is 12.8. The highest BCUT2D eigenvalue weighted by molar-refractivity contribution is 5.85. The zero-order valence-electron chi connectivity index (χ0n) is 20.0. The Hall–Kier alpha value is -1.22. The standard InChI is InChI=1S/C29H38N2.2ClH/c1-2-30-12-14-31(15-13-30)27-10-8-26(9-11-27)28(25-6-4-3-5-7-25)29-19-22-16-23(20-29)18-24(17-22)21-29;;/h3-11,22-24,28H,2,12-21H2,1H3;2*1H. The van der Waals surface area contributed by atoms with Crippen LogP contribution in [0.4, 0.5) is 5.69 Å². The number of hydrogen-bond acceptors (Lipinski definition) is 2. The Labute approximate surface area is 212 Å². The summed E-state index contributed by atoms with van der Waals surface area (Å²) in [6.45, 7) is 8.15. The van der Waals surface area contributed by atoms with E-state index in [0.29, 0.717) is 11.3 Å². The first kappa shape index (κ1) is 24.9. The van der Waals surface area contributed by atoms with Crippen LogP contribution in [0.25, 0.3) is 0 Å². The molecule has 4 bridgehead atoms. The summed E-state index contributed by atoms with van der Waals surface area (Å²) < 4.78 is 0. The van der Waals surface area contributed by atoms with Gasteiger partial charge in [0, 0.05) is 37.8 Å². The second kappa shape index (κ2) is 10.2. The summed E-state index contributed by atoms with van der Waals surface area (Å²) in [7, 11) is 0. The molecule has 2 aromatic rings. The van der Waals surface area contributed by atoms with Gasteiger partial charge in [-0.3, -0.25) is 0 Å². The Bertz CT molecular complexity index is 854. The minimum atomic E-state index is 0. The van der Waals surface area contributed by atoms with Crippen LogP contribution in [0.2, 0.25) is 0 Å². The summed E-state index contributed by atoms with van der Waals surface area (Å²) in [6.07, 6.45) is 8.92. The molecule has 4 saturated carbocycles. The van der Waals surface area contributed by atoms with E-state index in [4.69, 9.17) is 0 Å². The molecule has 7 rings (SSSR count). The molecule has 0 aromatic heterocycles. The van der Waals surface area contributed by atoms with Crippen molar-refractivity contribution in [3.8, 4) is 0 Å². The minimum Gasteiger partial charge on any atom is -0.369 e. The van der Waals surface area contributed by atoms with Crippen molar-refractivity contribution in [2.45, 2.75) is 51.4 Å². The predicted octanol–water partition coefficient (Wildman–Crippen LogP) is 7.02. The van der Waals surface area contributed by atoms with Crippen molar-refractivity contribution in [2.24, 2.45) is 23.2 Å². The molecule has 2 nitrogen and oxygen atoms in total. The van der Waals surface area contributed by atoms with Crippen LogP contribution in [0.3, 0.4) is 0 Å². The van der Waals surface area contributed by atoms with E-state index in [0.717, 1.165) is 30.8 Å². The van der Waals surface area contributed by atoms with Crippen LogP contribution in [0, 0.1) is 23.2 Å². The fourth-order valence-electron chi connectivity index (χ4n) is 8.28. The lowest BCUT2D eigenvalue weighted by atomic mass is 9.45. The third-order valence-electron chi connectivity index (χ3n) is 9.24. The van der Waals surface area contributed by atoms with Crippen molar-refractivity contribution in [2.75, 3.05) is 37.6 Å². The number of rotatable bonds is 5. The molecular weight excluding hydrogens is 447 g/mol. The molecule has 1 unspecified atom stereocenters. The number of benzene rings is 2. The van der Waals surface area contributed by atoms with Crippen molar-refractivity contribution in [3.63, 3.8) is 0 Å². The molecule has 180 valence electrons. The van der Waals surface area contributed by atoms with Gasteiger partial charge in [-0.1, -0.05) is 49.4 Å². The van der Waals surface area contributed by atoms with Crippen LogP contribution in [0.15, 0.2) is 54.6 Å². The summed E-state index contributed by atoms with van der Waals surface area (Å²) in [5.74, 6) is 3.54. The Morgan fingerprint density at radius 3 is 1.76 bits per heavy atom. The largest absolute Gasteiger partial charge is 0.369 e. The summed E-state index contributed by atoms with van der Waals surface area (Å²) in [5.41, 5.74) is 5.01. The van der Waals surface area contributed by atoms with Gasteiger partial charge in [-0.2, -0.15) is 0 Å². The summed E-state index contributed by atoms with van der Waals surface area (Å²) in [4.78, 5) is 5.14. The van der Waals surface area contributed by atoms with Gasteiger partial charge in [0.2, 0.25) is 0 Å². The second-order valence-electron chi connectivity index (χ2n) is 11.1. The minimum absolute atomic E-state index is 0. The number of anilines is 1. The number of likely N-dealkylation sites (N-methyl/N-ethyl adjacent to an activating group) is 1. The lowest BCUT2D eigenvalue weighted by Crippen LogP contribution is -2.49. The average molecular weight is 488 g/mol. The number of hydrogen-bond donors (Lipinski definition) is 0. The molecule has 1 heterocycles. The van der Waals surface area contributed by atoms with Gasteiger partial charge < -0.3 is 9.80 Å². The fraction of sp³-hybridized carbons (Fsp3) is 0.586. The van der Waals surface area contributed by atoms with Gasteiger partial charge in [0.15, 0.2) is 0 Å². The number of nitrogens with zero attached hydrogens (tertiary/aromatic N) is 2. The zero-order valence-corrected chi connectivity index (χ0v) is 21.6. The lowest BCUT2D eigenvalue weighted by molar-refractivity contribution is -0.0618. The molecule has 0 spiro atoms. The number of piperazine rings is 1. The Morgan fingerprint density at radius 1 is 0.727 bits per heavy atom. The Balaban J connectivity index is 0.00000130. The maximum atomic E-state index is 2.58. The van der Waals surface area contributed by atoms with E-state index in [-0.39, 0.29) is 24.8 Å². The molecule has 1 aliphatic heterocycles. The summed E-state index contributed by atoms with van der Waals surface area (Å²) in [6, 6.07) is 21.3. The molecule has 0 radical (unpaired) electrons. The van der Waals surface area contributed by atoms with E-state index in [9.17, 15) is 0 Å². The predicted molar refractivity (Wildman–Crippen MR) is 144 cm³/mol. The number of halogens is 2. The third kappa shape index (κ3) is 4.68. The highest BCUT2D eigenvalue weighted by Crippen LogP contribution is 2.65. The SMILES string of the molecule is CCN1CCN(c2ccc(C(c3ccccc3)C34CC5CC(CC(C5)C3)C4)cc2)CC1.Cl.Cl. The van der Waals surface area contributed by atoms with Crippen LogP contribution >= 0.6 is 24.8 Å². The van der Waals surface area contributed by atoms with Gasteiger partial charge >= 0.3 is 0 Å². The molecule has 5 fully saturated rings. The zero-order chi connectivity index (χ0) is 20.8. The lowest BCUT2D eigenvalue weighted by Gasteiger charge is -2.60. The first-order valence-corrected chi connectivity index (χ1v) is 12.8. The average Bonchev–Trinajstić information content (AvgIpc) is 2.79. The summed E-state index contributed by atoms with van der Waals surface area (Å²) >= 11 is 0. The maximum Gasteiger partial charge on any atom is 0.0367 e. The van der Waals surface area contributed by atoms with Gasteiger partial charge in [0.25, 0.3) is 0 Å². The topological polar surface area (TPSA) is 6.48 Å². The molecule has 0 amide bonds. The fourth-order valence-corrected chi connectivity index (χ4v) is 8.28. The van der Waals surface area contributed by atoms with Crippen LogP contribution in [0.5, 0.6) is 0 Å². The molecule has 4 heteroatoms. The molecule has 2 aromatic carbocycles. The van der Waals surface area contributed by atoms with Crippen molar-refractivity contribution >= 4 is 30.5 Å². The van der Waals surface area contributed by atoms with Gasteiger partial charge in [-0.05, 0) is 91.5 Å². The van der Waals surface area contributed by atoms with Crippen LogP contribution in [-0.2, 0) is 0 Å². The van der Waals surface area contributed by atoms with Gasteiger partial charge in [-0.25, -0.2) is 0 Å². The first-order chi connectivity index (χ1) is 15.2. The molecule has 1 saturated heterocycles. The van der Waals surface area contributed by atoms with E-state index in [1.807, 2.05) is 0 Å². The quantitative estimate of drug-likeness (QED) is 0.447. The molecule has 5 aliphatic rings. The van der Waals surface area contributed by atoms with Crippen molar-refractivity contribution < 1.29 is 0 Å². The Kier molecular flexibility index (Phi) is 7.68. The van der Waals surface area contributed by atoms with Gasteiger partial charge in [0.1, 0.15) is 0 Å². The summed E-state index contributed by atoms with van der Waals surface area (Å²) in [5, 5.41) is 0. The van der Waals surface area contributed by atoms with Crippen LogP contribution in [0.1, 0.15) is 62.5 Å². The van der Waals surface area contributed by atoms with Crippen molar-refractivity contribution in [1.29, 1.82) is 0 Å². The molecule has 4 aliphatic carbocycles. The van der Waals surface area contributed by atoms with E-state index in [1.54, 1.807) is 11.1 Å². The monoisotopic (exact) mass is 486 g/mol. The van der Waals surface area contributed by atoms with Crippen molar-refractivity contribution in [3.05, 3.63) is 65.7 Å². The molecule has 33 heavy (non-hydrogen) atoms. The Morgan fingerprint density at radius 2 is 1.24 bits per heavy atom. The van der Waals surface area contributed by atoms with Gasteiger partial charge in [-0.15, -0.1) is 24.8 Å². The highest BCUT2D eigenvalue weighted by Gasteiger charge is 2.54. The highest BCUT2D eigenvalue weighted by atomic mass is 35.5. The molecule has 1 atom stereocenters. The van der Waals surface area contributed by atoms with Gasteiger partial charge in [0.05, 0.1) is 0 Å². The van der Waals surface area contributed by atoms with E-state index in [2.05, 4.69) is 71.3 Å². The van der Waals surface area contributed by atoms with E-state index >= 15 is 0 Å². The molecular formula is C29H40Cl2N2. The molecule has 0 N–H and O–H groups in total. The van der Waals surface area contributed by atoms with Crippen LogP contribution < -0.4 is 4.90 Å². The van der Waals surface area contributed by atoms with E-state index in [1.165, 1.54) is 63.8 Å². The normalized spacial score (nSPS) is 31.5. The third-order valence-corrected chi connectivity index (χ3v) is 9.24. The van der Waals surface area contributed by atoms with E-state index < -0.39 is 0 Å². The maximum absolute atomic E-state index is 2.58. The second-order valence-corrected chi connectivity index (χ2v) is 11.1. The van der Waals surface area contributed by atoms with Crippen molar-refractivity contribution in [1.82, 2.24) is 4.90 Å².